The number of anilines is 3. The van der Waals surface area contributed by atoms with Gasteiger partial charge >= 0.3 is 0 Å². The number of likely N-dealkylation sites (tertiary alicyclic amines) is 1. The molecule has 2 amide bonds. The number of hydrogen-bond acceptors (Lipinski definition) is 9. The number of halogens is 1. The average molecular weight is 708 g/mol. The molecular formula is C38H42ClN9O3. The molecule has 5 heterocycles. The van der Waals surface area contributed by atoms with Crippen molar-refractivity contribution in [1.29, 1.82) is 0 Å². The molecule has 0 spiro atoms. The van der Waals surface area contributed by atoms with Crippen molar-refractivity contribution in [3.05, 3.63) is 94.5 Å². The molecule has 0 saturated carbocycles. The number of benzene rings is 2. The smallest absolute Gasteiger partial charge is 0.276 e. The zero-order chi connectivity index (χ0) is 35.5. The normalized spacial score (nSPS) is 17.3. The fourth-order valence-corrected chi connectivity index (χ4v) is 7.27. The van der Waals surface area contributed by atoms with E-state index in [1.54, 1.807) is 6.20 Å². The molecule has 2 aliphatic rings. The molecule has 0 bridgehead atoms. The average Bonchev–Trinajstić information content (AvgIpc) is 3.75. The largest absolute Gasteiger partial charge is 0.392 e. The highest BCUT2D eigenvalue weighted by Crippen LogP contribution is 2.39. The number of aliphatic hydroxyl groups is 1. The maximum Gasteiger partial charge on any atom is 0.276 e. The van der Waals surface area contributed by atoms with Crippen LogP contribution < -0.4 is 21.3 Å². The quantitative estimate of drug-likeness (QED) is 0.111. The van der Waals surface area contributed by atoms with Gasteiger partial charge in [0.15, 0.2) is 11.5 Å². The summed E-state index contributed by atoms with van der Waals surface area (Å²) in [5, 5.41) is 28.8. The van der Waals surface area contributed by atoms with Crippen molar-refractivity contribution < 1.29 is 14.7 Å². The molecular weight excluding hydrogens is 666 g/mol. The SMILES string of the molecule is CC(=O)NCCNC1CCCn2nc(C(=O)Nc3cccc(-c4cccc(Nc5nccc6cc(CN7CC[C@@H](O)C7)cnc56)c4Cl)c3C)cc21. The molecule has 1 saturated heterocycles. The highest BCUT2D eigenvalue weighted by atomic mass is 35.5. The summed E-state index contributed by atoms with van der Waals surface area (Å²) in [5.41, 5.74) is 7.06. The van der Waals surface area contributed by atoms with Crippen LogP contribution in [0.1, 0.15) is 59.5 Å². The van der Waals surface area contributed by atoms with Crippen molar-refractivity contribution in [2.45, 2.75) is 58.3 Å². The number of fused-ring (bicyclic) bond motifs is 2. The Bertz CT molecular complexity index is 2080. The molecule has 2 aliphatic heterocycles. The number of pyridine rings is 2. The number of rotatable bonds is 11. The first kappa shape index (κ1) is 34.6. The van der Waals surface area contributed by atoms with Gasteiger partial charge in [0.05, 0.1) is 22.5 Å². The van der Waals surface area contributed by atoms with Crippen molar-refractivity contribution >= 4 is 51.5 Å². The second kappa shape index (κ2) is 15.2. The van der Waals surface area contributed by atoms with Crippen LogP contribution in [0.15, 0.2) is 67.0 Å². The number of carbonyl (C=O) groups is 2. The lowest BCUT2D eigenvalue weighted by Gasteiger charge is -2.24. The number of carbonyl (C=O) groups excluding carboxylic acids is 2. The van der Waals surface area contributed by atoms with Crippen LogP contribution in [0.4, 0.5) is 17.2 Å². The molecule has 5 N–H and O–H groups in total. The minimum Gasteiger partial charge on any atom is -0.392 e. The third-order valence-corrected chi connectivity index (χ3v) is 9.99. The lowest BCUT2D eigenvalue weighted by Crippen LogP contribution is -2.34. The van der Waals surface area contributed by atoms with Gasteiger partial charge < -0.3 is 26.4 Å². The van der Waals surface area contributed by atoms with E-state index in [4.69, 9.17) is 16.6 Å². The van der Waals surface area contributed by atoms with Crippen molar-refractivity contribution in [1.82, 2.24) is 35.3 Å². The number of amides is 2. The number of aromatic nitrogens is 4. The molecule has 12 nitrogen and oxygen atoms in total. The third kappa shape index (κ3) is 7.74. The van der Waals surface area contributed by atoms with E-state index in [-0.39, 0.29) is 24.0 Å². The first-order valence-corrected chi connectivity index (χ1v) is 17.8. The van der Waals surface area contributed by atoms with E-state index in [0.717, 1.165) is 77.7 Å². The van der Waals surface area contributed by atoms with Gasteiger partial charge in [0, 0.05) is 81.3 Å². The summed E-state index contributed by atoms with van der Waals surface area (Å²) < 4.78 is 1.90. The summed E-state index contributed by atoms with van der Waals surface area (Å²) in [6.07, 6.45) is 6.04. The van der Waals surface area contributed by atoms with Gasteiger partial charge in [-0.15, -0.1) is 0 Å². The van der Waals surface area contributed by atoms with Gasteiger partial charge in [-0.05, 0) is 73.2 Å². The van der Waals surface area contributed by atoms with Crippen LogP contribution in [0.2, 0.25) is 5.02 Å². The molecule has 0 radical (unpaired) electrons. The number of aliphatic hydroxyl groups excluding tert-OH is 1. The van der Waals surface area contributed by atoms with E-state index in [9.17, 15) is 14.7 Å². The number of β-amino-alcohol motifs (C(OH)–C–C–N with tert-alkyl or cyclic N) is 1. The Hall–Kier alpha value is -4.88. The lowest BCUT2D eigenvalue weighted by atomic mass is 9.98. The van der Waals surface area contributed by atoms with E-state index >= 15 is 0 Å². The van der Waals surface area contributed by atoms with Crippen LogP contribution >= 0.6 is 11.6 Å². The summed E-state index contributed by atoms with van der Waals surface area (Å²) in [5.74, 6) is 0.253. The number of hydrogen-bond donors (Lipinski definition) is 5. The Labute approximate surface area is 301 Å². The Morgan fingerprint density at radius 3 is 2.63 bits per heavy atom. The summed E-state index contributed by atoms with van der Waals surface area (Å²) in [7, 11) is 0. The molecule has 264 valence electrons. The molecule has 13 heteroatoms. The van der Waals surface area contributed by atoms with E-state index in [1.165, 1.54) is 6.92 Å². The minimum absolute atomic E-state index is 0.0580. The molecule has 1 unspecified atom stereocenters. The fraction of sp³-hybridized carbons (Fsp3) is 0.342. The first-order chi connectivity index (χ1) is 24.7. The topological polar surface area (TPSA) is 149 Å². The fourth-order valence-electron chi connectivity index (χ4n) is 7.00. The standard InChI is InChI=1S/C38H42ClN9O3/c1-23-28(6-3-8-30(23)45-38(51)33-19-34-31(10-5-16-48(34)46-33)41-15-14-40-24(2)49)29-7-4-9-32(35(29)39)44-37-36-26(11-13-42-37)18-25(20-43-36)21-47-17-12-27(50)22-47/h3-4,6-9,11,13,18-20,27,31,41,50H,5,10,12,14-17,21-22H2,1-2H3,(H,40,49)(H,42,44)(H,45,51)/t27-,31?/m1/s1. The van der Waals surface area contributed by atoms with Gasteiger partial charge in [0.1, 0.15) is 5.52 Å². The molecule has 0 aliphatic carbocycles. The predicted molar refractivity (Wildman–Crippen MR) is 199 cm³/mol. The number of aryl methyl sites for hydroxylation is 1. The van der Waals surface area contributed by atoms with Crippen molar-refractivity contribution in [3.8, 4) is 11.1 Å². The minimum atomic E-state index is -0.286. The van der Waals surface area contributed by atoms with E-state index in [0.29, 0.717) is 47.5 Å². The zero-order valence-corrected chi connectivity index (χ0v) is 29.5. The van der Waals surface area contributed by atoms with Gasteiger partial charge in [-0.1, -0.05) is 35.9 Å². The van der Waals surface area contributed by atoms with Crippen LogP contribution in [-0.4, -0.2) is 73.9 Å². The van der Waals surface area contributed by atoms with E-state index in [2.05, 4.69) is 42.3 Å². The van der Waals surface area contributed by atoms with Crippen LogP contribution in [0.25, 0.3) is 22.0 Å². The number of nitrogens with one attached hydrogen (secondary N) is 4. The Morgan fingerprint density at radius 1 is 1.00 bits per heavy atom. The maximum absolute atomic E-state index is 13.5. The maximum atomic E-state index is 13.5. The summed E-state index contributed by atoms with van der Waals surface area (Å²) in [6.45, 7) is 7.68. The highest BCUT2D eigenvalue weighted by Gasteiger charge is 2.25. The Balaban J connectivity index is 1.07. The number of nitrogens with zero attached hydrogens (tertiary/aromatic N) is 5. The first-order valence-electron chi connectivity index (χ1n) is 17.4. The lowest BCUT2D eigenvalue weighted by molar-refractivity contribution is -0.118. The molecule has 2 aromatic carbocycles. The monoisotopic (exact) mass is 707 g/mol. The van der Waals surface area contributed by atoms with Crippen LogP contribution in [0.5, 0.6) is 0 Å². The molecule has 3 aromatic heterocycles. The van der Waals surface area contributed by atoms with Gasteiger partial charge in [-0.3, -0.25) is 24.2 Å². The van der Waals surface area contributed by atoms with Crippen LogP contribution in [-0.2, 0) is 17.9 Å². The summed E-state index contributed by atoms with van der Waals surface area (Å²) in [4.78, 5) is 36.3. The second-order valence-electron chi connectivity index (χ2n) is 13.3. The molecule has 2 atom stereocenters. The van der Waals surface area contributed by atoms with E-state index < -0.39 is 0 Å². The third-order valence-electron chi connectivity index (χ3n) is 9.59. The molecule has 7 rings (SSSR count). The van der Waals surface area contributed by atoms with Gasteiger partial charge in [-0.2, -0.15) is 5.10 Å². The molecule has 1 fully saturated rings. The summed E-state index contributed by atoms with van der Waals surface area (Å²) >= 11 is 7.07. The van der Waals surface area contributed by atoms with Gasteiger partial charge in [-0.25, -0.2) is 4.98 Å². The van der Waals surface area contributed by atoms with Crippen LogP contribution in [0, 0.1) is 6.92 Å². The van der Waals surface area contributed by atoms with Crippen molar-refractivity contribution in [2.75, 3.05) is 36.8 Å². The second-order valence-corrected chi connectivity index (χ2v) is 13.7. The van der Waals surface area contributed by atoms with Gasteiger partial charge in [0.2, 0.25) is 5.91 Å². The Morgan fingerprint density at radius 2 is 1.82 bits per heavy atom. The summed E-state index contributed by atoms with van der Waals surface area (Å²) in [6, 6.07) is 17.5. The van der Waals surface area contributed by atoms with Crippen molar-refractivity contribution in [3.63, 3.8) is 0 Å². The highest BCUT2D eigenvalue weighted by molar-refractivity contribution is 6.36. The van der Waals surface area contributed by atoms with Crippen LogP contribution in [0.3, 0.4) is 0 Å². The molecule has 5 aromatic rings. The predicted octanol–water partition coefficient (Wildman–Crippen LogP) is 5.58. The zero-order valence-electron chi connectivity index (χ0n) is 28.7. The van der Waals surface area contributed by atoms with E-state index in [1.807, 2.05) is 66.3 Å². The molecule has 51 heavy (non-hydrogen) atoms. The van der Waals surface area contributed by atoms with Crippen molar-refractivity contribution in [2.24, 2.45) is 0 Å². The Kier molecular flexibility index (Phi) is 10.3. The van der Waals surface area contributed by atoms with Gasteiger partial charge in [0.25, 0.3) is 5.91 Å².